The van der Waals surface area contributed by atoms with Crippen molar-refractivity contribution in [3.05, 3.63) is 35.4 Å². The highest BCUT2D eigenvalue weighted by molar-refractivity contribution is 5.74. The molecule has 0 bridgehead atoms. The van der Waals surface area contributed by atoms with Crippen LogP contribution in [-0.2, 0) is 6.42 Å². The summed E-state index contributed by atoms with van der Waals surface area (Å²) in [5, 5.41) is 4.22. The van der Waals surface area contributed by atoms with E-state index in [9.17, 15) is 18.0 Å². The van der Waals surface area contributed by atoms with Crippen molar-refractivity contribution < 1.29 is 18.0 Å². The van der Waals surface area contributed by atoms with Gasteiger partial charge in [-0.15, -0.1) is 0 Å². The van der Waals surface area contributed by atoms with Crippen molar-refractivity contribution in [2.45, 2.75) is 18.5 Å². The molecule has 0 spiro atoms. The van der Waals surface area contributed by atoms with Gasteiger partial charge in [-0.25, -0.2) is 4.79 Å². The van der Waals surface area contributed by atoms with Crippen molar-refractivity contribution in [2.24, 2.45) is 0 Å². The van der Waals surface area contributed by atoms with E-state index in [-0.39, 0.29) is 5.92 Å². The summed E-state index contributed by atoms with van der Waals surface area (Å²) in [4.78, 5) is 11.1. The molecule has 2 amide bonds. The molecule has 1 unspecified atom stereocenters. The van der Waals surface area contributed by atoms with Crippen LogP contribution in [0.3, 0.4) is 0 Å². The number of nitrogens with one attached hydrogen (secondary N) is 2. The molecule has 0 radical (unpaired) electrons. The lowest BCUT2D eigenvalue weighted by Crippen LogP contribution is -2.43. The number of rotatable bonds is 3. The van der Waals surface area contributed by atoms with Crippen molar-refractivity contribution in [3.8, 4) is 0 Å². The summed E-state index contributed by atoms with van der Waals surface area (Å²) in [5.41, 5.74) is 2.40. The first-order valence-electron chi connectivity index (χ1n) is 5.62. The number of hydrogen-bond acceptors (Lipinski definition) is 1. The zero-order valence-corrected chi connectivity index (χ0v) is 9.55. The molecular weight excluding hydrogens is 245 g/mol. The first-order chi connectivity index (χ1) is 8.46. The van der Waals surface area contributed by atoms with Crippen molar-refractivity contribution in [1.29, 1.82) is 0 Å². The Balaban J connectivity index is 1.72. The molecule has 0 aliphatic heterocycles. The fourth-order valence-corrected chi connectivity index (χ4v) is 2.00. The third kappa shape index (κ3) is 3.15. The van der Waals surface area contributed by atoms with Gasteiger partial charge in [0, 0.05) is 12.5 Å². The van der Waals surface area contributed by atoms with E-state index in [0.29, 0.717) is 6.54 Å². The van der Waals surface area contributed by atoms with E-state index >= 15 is 0 Å². The maximum atomic E-state index is 11.8. The lowest BCUT2D eigenvalue weighted by atomic mass is 9.78. The average molecular weight is 258 g/mol. The van der Waals surface area contributed by atoms with Gasteiger partial charge in [-0.2, -0.15) is 13.2 Å². The van der Waals surface area contributed by atoms with Crippen LogP contribution in [0.4, 0.5) is 18.0 Å². The Kier molecular flexibility index (Phi) is 3.45. The topological polar surface area (TPSA) is 41.1 Å². The van der Waals surface area contributed by atoms with Gasteiger partial charge in [0.05, 0.1) is 0 Å². The van der Waals surface area contributed by atoms with E-state index in [0.717, 1.165) is 12.0 Å². The third-order valence-electron chi connectivity index (χ3n) is 2.92. The number of fused-ring (bicyclic) bond motifs is 1. The number of carbonyl (C=O) groups excluding carboxylic acids is 1. The van der Waals surface area contributed by atoms with Crippen molar-refractivity contribution in [3.63, 3.8) is 0 Å². The summed E-state index contributed by atoms with van der Waals surface area (Å²) in [6.45, 7) is -0.944. The molecule has 0 heterocycles. The second-order valence-corrected chi connectivity index (χ2v) is 4.28. The smallest absolute Gasteiger partial charge is 0.338 e. The van der Waals surface area contributed by atoms with Crippen LogP contribution in [0.25, 0.3) is 0 Å². The Hall–Kier alpha value is -1.72. The van der Waals surface area contributed by atoms with Crippen LogP contribution in [0.15, 0.2) is 24.3 Å². The first-order valence-corrected chi connectivity index (χ1v) is 5.62. The molecule has 1 aliphatic rings. The molecule has 98 valence electrons. The van der Waals surface area contributed by atoms with Crippen LogP contribution in [0.5, 0.6) is 0 Å². The average Bonchev–Trinajstić information content (AvgIpc) is 2.27. The summed E-state index contributed by atoms with van der Waals surface area (Å²) >= 11 is 0. The molecule has 1 aliphatic carbocycles. The number of alkyl halides is 3. The molecule has 1 aromatic rings. The minimum absolute atomic E-state index is 0.206. The second kappa shape index (κ2) is 4.88. The van der Waals surface area contributed by atoms with Crippen LogP contribution < -0.4 is 10.6 Å². The fourth-order valence-electron chi connectivity index (χ4n) is 2.00. The highest BCUT2D eigenvalue weighted by Gasteiger charge is 2.28. The minimum Gasteiger partial charge on any atom is -0.338 e. The molecule has 3 nitrogen and oxygen atoms in total. The lowest BCUT2D eigenvalue weighted by molar-refractivity contribution is -0.122. The summed E-state index contributed by atoms with van der Waals surface area (Å²) in [6.07, 6.45) is -3.52. The zero-order chi connectivity index (χ0) is 13.2. The van der Waals surface area contributed by atoms with E-state index in [1.165, 1.54) is 5.56 Å². The fraction of sp³-hybridized carbons (Fsp3) is 0.417. The van der Waals surface area contributed by atoms with Crippen molar-refractivity contribution >= 4 is 6.03 Å². The maximum absolute atomic E-state index is 11.8. The number of carbonyl (C=O) groups is 1. The minimum atomic E-state index is -4.37. The number of hydrogen-bond donors (Lipinski definition) is 2. The van der Waals surface area contributed by atoms with E-state index in [4.69, 9.17) is 0 Å². The Labute approximate surface area is 102 Å². The standard InChI is InChI=1S/C12H13F3N2O/c13-12(14,15)7-17-11(18)16-6-9-5-8-3-1-2-4-10(8)9/h1-4,9H,5-7H2,(H2,16,17,18). The second-order valence-electron chi connectivity index (χ2n) is 4.28. The molecular formula is C12H13F3N2O. The van der Waals surface area contributed by atoms with Gasteiger partial charge >= 0.3 is 12.2 Å². The summed E-state index contributed by atoms with van der Waals surface area (Å²) in [7, 11) is 0. The summed E-state index contributed by atoms with van der Waals surface area (Å²) in [5.74, 6) is 0.206. The number of halogens is 3. The zero-order valence-electron chi connectivity index (χ0n) is 9.55. The van der Waals surface area contributed by atoms with Gasteiger partial charge in [-0.3, -0.25) is 0 Å². The number of benzene rings is 1. The Bertz CT molecular complexity index is 445. The SMILES string of the molecule is O=C(NCC1Cc2ccccc21)NCC(F)(F)F. The number of amides is 2. The van der Waals surface area contributed by atoms with Gasteiger partial charge in [-0.1, -0.05) is 24.3 Å². The molecule has 2 N–H and O–H groups in total. The Morgan fingerprint density at radius 3 is 2.67 bits per heavy atom. The monoisotopic (exact) mass is 258 g/mol. The van der Waals surface area contributed by atoms with Crippen molar-refractivity contribution in [2.75, 3.05) is 13.1 Å². The molecule has 0 aromatic heterocycles. The predicted octanol–water partition coefficient (Wildman–Crippen LogP) is 2.19. The Morgan fingerprint density at radius 1 is 1.28 bits per heavy atom. The summed E-state index contributed by atoms with van der Waals surface area (Å²) in [6, 6.07) is 7.05. The number of urea groups is 1. The van der Waals surface area contributed by atoms with Crippen LogP contribution in [-0.4, -0.2) is 25.3 Å². The molecule has 2 rings (SSSR count). The van der Waals surface area contributed by atoms with Crippen LogP contribution in [0, 0.1) is 0 Å². The van der Waals surface area contributed by atoms with Gasteiger partial charge in [0.15, 0.2) is 0 Å². The van der Waals surface area contributed by atoms with Crippen LogP contribution in [0.2, 0.25) is 0 Å². The largest absolute Gasteiger partial charge is 0.405 e. The van der Waals surface area contributed by atoms with Gasteiger partial charge in [0.1, 0.15) is 6.54 Å². The molecule has 6 heteroatoms. The van der Waals surface area contributed by atoms with Gasteiger partial charge in [0.2, 0.25) is 0 Å². The van der Waals surface area contributed by atoms with Crippen LogP contribution in [0.1, 0.15) is 17.0 Å². The van der Waals surface area contributed by atoms with Crippen LogP contribution >= 0.6 is 0 Å². The normalized spacial score (nSPS) is 17.6. The van der Waals surface area contributed by atoms with Gasteiger partial charge < -0.3 is 10.6 Å². The molecule has 0 saturated heterocycles. The molecule has 18 heavy (non-hydrogen) atoms. The highest BCUT2D eigenvalue weighted by atomic mass is 19.4. The van der Waals surface area contributed by atoms with Gasteiger partial charge in [0.25, 0.3) is 0 Å². The molecule has 1 aromatic carbocycles. The first kappa shape index (κ1) is 12.7. The maximum Gasteiger partial charge on any atom is 0.405 e. The van der Waals surface area contributed by atoms with E-state index in [1.54, 1.807) is 5.32 Å². The highest BCUT2D eigenvalue weighted by Crippen LogP contribution is 2.33. The molecule has 0 fully saturated rings. The predicted molar refractivity (Wildman–Crippen MR) is 60.3 cm³/mol. The van der Waals surface area contributed by atoms with E-state index < -0.39 is 18.8 Å². The summed E-state index contributed by atoms with van der Waals surface area (Å²) < 4.78 is 35.5. The van der Waals surface area contributed by atoms with E-state index in [2.05, 4.69) is 5.32 Å². The Morgan fingerprint density at radius 2 is 2.00 bits per heavy atom. The molecule has 1 atom stereocenters. The van der Waals surface area contributed by atoms with E-state index in [1.807, 2.05) is 24.3 Å². The molecule has 0 saturated carbocycles. The van der Waals surface area contributed by atoms with Crippen molar-refractivity contribution in [1.82, 2.24) is 10.6 Å². The quantitative estimate of drug-likeness (QED) is 0.857. The van der Waals surface area contributed by atoms with Gasteiger partial charge in [-0.05, 0) is 17.5 Å². The third-order valence-corrected chi connectivity index (χ3v) is 2.92. The lowest BCUT2D eigenvalue weighted by Gasteiger charge is -2.30.